The highest BCUT2D eigenvalue weighted by molar-refractivity contribution is 9.10. The summed E-state index contributed by atoms with van der Waals surface area (Å²) < 4.78 is 7.40. The maximum atomic E-state index is 6.32. The Morgan fingerprint density at radius 2 is 2.05 bits per heavy atom. The van der Waals surface area contributed by atoms with Crippen LogP contribution in [0.1, 0.15) is 37.7 Å². The second-order valence-electron chi connectivity index (χ2n) is 6.06. The third kappa shape index (κ3) is 2.21. The van der Waals surface area contributed by atoms with Crippen molar-refractivity contribution in [1.82, 2.24) is 5.32 Å². The smallest absolute Gasteiger partial charge is 0.133 e. The van der Waals surface area contributed by atoms with Gasteiger partial charge < -0.3 is 10.1 Å². The van der Waals surface area contributed by atoms with E-state index in [0.717, 1.165) is 16.6 Å². The molecule has 1 N–H and O–H groups in total. The van der Waals surface area contributed by atoms with Gasteiger partial charge in [-0.2, -0.15) is 0 Å². The molecule has 2 aliphatic carbocycles. The molecule has 2 unspecified atom stereocenters. The summed E-state index contributed by atoms with van der Waals surface area (Å²) in [7, 11) is 2.09. The van der Waals surface area contributed by atoms with Crippen LogP contribution in [0.15, 0.2) is 22.7 Å². The second-order valence-corrected chi connectivity index (χ2v) is 6.91. The highest BCUT2D eigenvalue weighted by atomic mass is 79.9. The van der Waals surface area contributed by atoms with E-state index < -0.39 is 0 Å². The second kappa shape index (κ2) is 5.10. The molecule has 2 fully saturated rings. The van der Waals surface area contributed by atoms with Crippen LogP contribution in [0.5, 0.6) is 5.75 Å². The van der Waals surface area contributed by atoms with E-state index in [1.165, 1.54) is 31.2 Å². The number of nitrogens with one attached hydrogen (secondary N) is 1. The van der Waals surface area contributed by atoms with Crippen LogP contribution in [0.3, 0.4) is 0 Å². The van der Waals surface area contributed by atoms with Gasteiger partial charge in [-0.15, -0.1) is 0 Å². The molecule has 104 valence electrons. The maximum absolute atomic E-state index is 6.32. The van der Waals surface area contributed by atoms with Crippen LogP contribution in [0.25, 0.3) is 0 Å². The van der Waals surface area contributed by atoms with Gasteiger partial charge in [0.1, 0.15) is 11.9 Å². The molecule has 3 rings (SSSR count). The summed E-state index contributed by atoms with van der Waals surface area (Å²) in [5.41, 5.74) is 1.65. The van der Waals surface area contributed by atoms with Gasteiger partial charge >= 0.3 is 0 Å². The van der Waals surface area contributed by atoms with Crippen LogP contribution in [0, 0.1) is 12.3 Å². The van der Waals surface area contributed by atoms with Gasteiger partial charge in [0.15, 0.2) is 0 Å². The summed E-state index contributed by atoms with van der Waals surface area (Å²) in [5, 5.41) is 3.48. The van der Waals surface area contributed by atoms with Crippen LogP contribution in [-0.2, 0) is 0 Å². The van der Waals surface area contributed by atoms with Gasteiger partial charge in [0.05, 0.1) is 4.47 Å². The molecule has 0 amide bonds. The first-order valence-electron chi connectivity index (χ1n) is 7.26. The van der Waals surface area contributed by atoms with E-state index in [1.54, 1.807) is 0 Å². The molecule has 0 saturated heterocycles. The summed E-state index contributed by atoms with van der Waals surface area (Å²) in [6.45, 7) is 2.10. The molecular formula is C16H22BrNO. The van der Waals surface area contributed by atoms with Gasteiger partial charge in [0.2, 0.25) is 0 Å². The molecule has 2 saturated carbocycles. The predicted molar refractivity (Wildman–Crippen MR) is 81.7 cm³/mol. The van der Waals surface area contributed by atoms with Crippen molar-refractivity contribution in [1.29, 1.82) is 0 Å². The third-order valence-corrected chi connectivity index (χ3v) is 5.64. The van der Waals surface area contributed by atoms with Gasteiger partial charge in [-0.05, 0) is 60.4 Å². The Balaban J connectivity index is 1.77. The number of hydrogen-bond donors (Lipinski definition) is 1. The molecule has 0 heterocycles. The fraction of sp³-hybridized carbons (Fsp3) is 0.625. The van der Waals surface area contributed by atoms with E-state index in [2.05, 4.69) is 53.4 Å². The fourth-order valence-electron chi connectivity index (χ4n) is 3.88. The summed E-state index contributed by atoms with van der Waals surface area (Å²) in [5.74, 6) is 0.997. The molecule has 1 aromatic rings. The van der Waals surface area contributed by atoms with Gasteiger partial charge in [-0.1, -0.05) is 18.9 Å². The normalized spacial score (nSPS) is 28.4. The maximum Gasteiger partial charge on any atom is 0.133 e. The van der Waals surface area contributed by atoms with Crippen LogP contribution in [0.4, 0.5) is 0 Å². The lowest BCUT2D eigenvalue weighted by molar-refractivity contribution is -0.0739. The van der Waals surface area contributed by atoms with Crippen molar-refractivity contribution in [2.45, 2.75) is 51.2 Å². The van der Waals surface area contributed by atoms with E-state index >= 15 is 0 Å². The molecule has 0 aliphatic heterocycles. The summed E-state index contributed by atoms with van der Waals surface area (Å²) >= 11 is 3.62. The Morgan fingerprint density at radius 1 is 1.32 bits per heavy atom. The largest absolute Gasteiger partial charge is 0.489 e. The Kier molecular flexibility index (Phi) is 3.61. The molecule has 0 radical (unpaired) electrons. The van der Waals surface area contributed by atoms with Gasteiger partial charge in [0, 0.05) is 17.9 Å². The van der Waals surface area contributed by atoms with E-state index in [0.29, 0.717) is 17.6 Å². The van der Waals surface area contributed by atoms with Crippen LogP contribution in [-0.4, -0.2) is 19.2 Å². The van der Waals surface area contributed by atoms with Crippen molar-refractivity contribution in [2.75, 3.05) is 7.05 Å². The average Bonchev–Trinajstić information content (AvgIpc) is 2.88. The zero-order chi connectivity index (χ0) is 13.5. The van der Waals surface area contributed by atoms with Crippen molar-refractivity contribution in [2.24, 2.45) is 5.41 Å². The first-order valence-corrected chi connectivity index (χ1v) is 8.05. The number of aryl methyl sites for hydroxylation is 1. The minimum Gasteiger partial charge on any atom is -0.489 e. The minimum absolute atomic E-state index is 0.381. The van der Waals surface area contributed by atoms with Crippen molar-refractivity contribution in [3.05, 3.63) is 28.2 Å². The molecule has 2 atom stereocenters. The zero-order valence-electron chi connectivity index (χ0n) is 11.7. The minimum atomic E-state index is 0.381. The Bertz CT molecular complexity index is 468. The predicted octanol–water partition coefficient (Wildman–Crippen LogP) is 4.06. The van der Waals surface area contributed by atoms with Gasteiger partial charge in [-0.3, -0.25) is 0 Å². The topological polar surface area (TPSA) is 21.3 Å². The standard InChI is InChI=1S/C16H22BrNO/c1-11-5-6-13(12(17)9-11)19-15-10-14(18-2)16(15)7-3-4-8-16/h5-6,9,14-15,18H,3-4,7-8,10H2,1-2H3. The van der Waals surface area contributed by atoms with E-state index in [1.807, 2.05) is 0 Å². The molecule has 19 heavy (non-hydrogen) atoms. The highest BCUT2D eigenvalue weighted by Crippen LogP contribution is 2.54. The lowest BCUT2D eigenvalue weighted by Crippen LogP contribution is -2.63. The molecule has 1 aromatic carbocycles. The Labute approximate surface area is 124 Å². The lowest BCUT2D eigenvalue weighted by Gasteiger charge is -2.53. The van der Waals surface area contributed by atoms with Crippen molar-refractivity contribution in [3.63, 3.8) is 0 Å². The number of benzene rings is 1. The van der Waals surface area contributed by atoms with Gasteiger partial charge in [-0.25, -0.2) is 0 Å². The van der Waals surface area contributed by atoms with Crippen LogP contribution in [0.2, 0.25) is 0 Å². The molecule has 1 spiro atoms. The lowest BCUT2D eigenvalue weighted by atomic mass is 9.60. The molecule has 0 bridgehead atoms. The fourth-order valence-corrected chi connectivity index (χ4v) is 4.46. The monoisotopic (exact) mass is 323 g/mol. The highest BCUT2D eigenvalue weighted by Gasteiger charge is 2.57. The van der Waals surface area contributed by atoms with Crippen molar-refractivity contribution >= 4 is 15.9 Å². The molecule has 3 heteroatoms. The summed E-state index contributed by atoms with van der Waals surface area (Å²) in [4.78, 5) is 0. The van der Waals surface area contributed by atoms with Crippen molar-refractivity contribution < 1.29 is 4.74 Å². The van der Waals surface area contributed by atoms with E-state index in [4.69, 9.17) is 4.74 Å². The third-order valence-electron chi connectivity index (χ3n) is 5.02. The van der Waals surface area contributed by atoms with E-state index in [9.17, 15) is 0 Å². The van der Waals surface area contributed by atoms with Crippen LogP contribution < -0.4 is 10.1 Å². The first-order chi connectivity index (χ1) is 9.15. The first kappa shape index (κ1) is 13.4. The average molecular weight is 324 g/mol. The van der Waals surface area contributed by atoms with Crippen molar-refractivity contribution in [3.8, 4) is 5.75 Å². The Hall–Kier alpha value is -0.540. The SMILES string of the molecule is CNC1CC(Oc2ccc(C)cc2Br)C12CCCC2. The summed E-state index contributed by atoms with van der Waals surface area (Å²) in [6.07, 6.45) is 6.85. The molecular weight excluding hydrogens is 302 g/mol. The number of hydrogen-bond acceptors (Lipinski definition) is 2. The van der Waals surface area contributed by atoms with E-state index in [-0.39, 0.29) is 0 Å². The quantitative estimate of drug-likeness (QED) is 0.905. The zero-order valence-corrected chi connectivity index (χ0v) is 13.3. The molecule has 2 aliphatic rings. The summed E-state index contributed by atoms with van der Waals surface area (Å²) in [6, 6.07) is 6.99. The number of ether oxygens (including phenoxy) is 1. The van der Waals surface area contributed by atoms with Gasteiger partial charge in [0.25, 0.3) is 0 Å². The Morgan fingerprint density at radius 3 is 2.68 bits per heavy atom. The van der Waals surface area contributed by atoms with Crippen LogP contribution >= 0.6 is 15.9 Å². The molecule has 2 nitrogen and oxygen atoms in total. The molecule has 0 aromatic heterocycles. The number of halogens is 1. The number of rotatable bonds is 3.